The van der Waals surface area contributed by atoms with Crippen molar-refractivity contribution in [2.45, 2.75) is 6.61 Å². The smallest absolute Gasteiger partial charge is 0.349 e. The van der Waals surface area contributed by atoms with Crippen molar-refractivity contribution < 1.29 is 14.3 Å². The molecular formula is C24H18Cl2N3O3+. The molecule has 0 radical (unpaired) electrons. The minimum absolute atomic E-state index is 0.265. The number of fused-ring (bicyclic) bond motifs is 3. The number of nitrogens with zero attached hydrogens (tertiary/aromatic N) is 2. The van der Waals surface area contributed by atoms with Gasteiger partial charge < -0.3 is 4.74 Å². The first-order valence-electron chi connectivity index (χ1n) is 9.85. The van der Waals surface area contributed by atoms with Crippen LogP contribution in [0.4, 0.5) is 0 Å². The lowest BCUT2D eigenvalue weighted by atomic mass is 10.1. The van der Waals surface area contributed by atoms with E-state index in [1.807, 2.05) is 54.7 Å². The first-order chi connectivity index (χ1) is 15.5. The Kier molecular flexibility index (Phi) is 5.25. The molecule has 0 aliphatic rings. The highest BCUT2D eigenvalue weighted by Crippen LogP contribution is 2.25. The van der Waals surface area contributed by atoms with E-state index in [0.29, 0.717) is 26.8 Å². The zero-order valence-electron chi connectivity index (χ0n) is 17.0. The van der Waals surface area contributed by atoms with E-state index in [4.69, 9.17) is 32.8 Å². The monoisotopic (exact) mass is 466 g/mol. The molecule has 6 nitrogen and oxygen atoms in total. The number of benzene rings is 3. The zero-order valence-corrected chi connectivity index (χ0v) is 18.5. The van der Waals surface area contributed by atoms with E-state index in [1.165, 1.54) is 9.41 Å². The SMILES string of the molecule is COc1ccc(CO[n+]2cc3ccccc3c3[nH]n(-c4ccc(Cl)c(Cl)c4)c(=O)c32)cc1. The van der Waals surface area contributed by atoms with E-state index >= 15 is 0 Å². The zero-order chi connectivity index (χ0) is 22.2. The molecule has 1 N–H and O–H groups in total. The van der Waals surface area contributed by atoms with Gasteiger partial charge >= 0.3 is 11.1 Å². The Morgan fingerprint density at radius 2 is 1.78 bits per heavy atom. The van der Waals surface area contributed by atoms with Crippen LogP contribution in [-0.4, -0.2) is 16.9 Å². The summed E-state index contributed by atoms with van der Waals surface area (Å²) >= 11 is 12.2. The number of nitrogens with one attached hydrogen (secondary N) is 1. The van der Waals surface area contributed by atoms with Crippen molar-refractivity contribution in [2.75, 3.05) is 7.11 Å². The van der Waals surface area contributed by atoms with Gasteiger partial charge in [-0.3, -0.25) is 14.7 Å². The topological polar surface area (TPSA) is 60.1 Å². The van der Waals surface area contributed by atoms with Crippen LogP contribution in [0, 0.1) is 0 Å². The van der Waals surface area contributed by atoms with Crippen molar-refractivity contribution in [2.24, 2.45) is 0 Å². The number of methoxy groups -OCH3 is 1. The van der Waals surface area contributed by atoms with E-state index in [1.54, 1.807) is 25.3 Å². The molecule has 8 heteroatoms. The average molecular weight is 467 g/mol. The number of rotatable bonds is 5. The van der Waals surface area contributed by atoms with Crippen molar-refractivity contribution in [1.82, 2.24) is 9.78 Å². The van der Waals surface area contributed by atoms with E-state index < -0.39 is 0 Å². The third-order valence-electron chi connectivity index (χ3n) is 5.26. The summed E-state index contributed by atoms with van der Waals surface area (Å²) in [6.07, 6.45) is 1.82. The average Bonchev–Trinajstić information content (AvgIpc) is 3.17. The fraction of sp³-hybridized carbons (Fsp3) is 0.0833. The Balaban J connectivity index is 1.65. The van der Waals surface area contributed by atoms with Gasteiger partial charge in [0.2, 0.25) is 6.20 Å². The maximum Gasteiger partial charge on any atom is 0.349 e. The van der Waals surface area contributed by atoms with Crippen molar-refractivity contribution in [3.05, 3.63) is 98.9 Å². The van der Waals surface area contributed by atoms with E-state index in [-0.39, 0.29) is 12.2 Å². The first kappa shape index (κ1) is 20.4. The van der Waals surface area contributed by atoms with Crippen LogP contribution in [0.2, 0.25) is 10.0 Å². The molecule has 2 heterocycles. The number of hydrogen-bond acceptors (Lipinski definition) is 3. The predicted octanol–water partition coefficient (Wildman–Crippen LogP) is 4.70. The van der Waals surface area contributed by atoms with Crippen molar-refractivity contribution in [1.29, 1.82) is 0 Å². The predicted molar refractivity (Wildman–Crippen MR) is 125 cm³/mol. The van der Waals surface area contributed by atoms with E-state index in [0.717, 1.165) is 22.1 Å². The second-order valence-corrected chi connectivity index (χ2v) is 8.05. The standard InChI is InChI=1S/C24H17Cl2N3O3/c1-31-18-9-6-15(7-10-18)14-32-28-13-16-4-2-3-5-19(16)22-23(28)24(30)29(27-22)17-8-11-20(25)21(26)12-17/h2-13H,14H2,1H3/p+1. The summed E-state index contributed by atoms with van der Waals surface area (Å²) in [7, 11) is 1.62. The molecule has 2 aromatic heterocycles. The number of aromatic amines is 1. The normalized spacial score (nSPS) is 11.2. The molecule has 0 fully saturated rings. The van der Waals surface area contributed by atoms with Gasteiger partial charge in [-0.05, 0) is 42.0 Å². The lowest BCUT2D eigenvalue weighted by Crippen LogP contribution is -2.45. The number of pyridine rings is 1. The van der Waals surface area contributed by atoms with Gasteiger partial charge in [-0.1, -0.05) is 53.5 Å². The summed E-state index contributed by atoms with van der Waals surface area (Å²) in [5, 5.41) is 5.83. The fourth-order valence-corrected chi connectivity index (χ4v) is 3.91. The first-order valence-corrected chi connectivity index (χ1v) is 10.6. The molecule has 3 aromatic carbocycles. The number of H-pyrrole nitrogens is 1. The molecule has 160 valence electrons. The number of aromatic nitrogens is 3. The third-order valence-corrected chi connectivity index (χ3v) is 6.00. The Morgan fingerprint density at radius 1 is 1.00 bits per heavy atom. The van der Waals surface area contributed by atoms with Crippen LogP contribution in [0.15, 0.2) is 77.7 Å². The Hall–Kier alpha value is -3.48. The molecule has 0 aliphatic carbocycles. The summed E-state index contributed by atoms with van der Waals surface area (Å²) in [5.74, 6) is 0.768. The Morgan fingerprint density at radius 3 is 2.53 bits per heavy atom. The van der Waals surface area contributed by atoms with Crippen LogP contribution in [-0.2, 0) is 6.61 Å². The largest absolute Gasteiger partial charge is 0.497 e. The Bertz CT molecular complexity index is 1510. The minimum Gasteiger partial charge on any atom is -0.497 e. The summed E-state index contributed by atoms with van der Waals surface area (Å²) in [5.41, 5.74) is 2.31. The maximum absolute atomic E-state index is 13.4. The van der Waals surface area contributed by atoms with Crippen LogP contribution < -0.4 is 19.9 Å². The molecule has 0 saturated heterocycles. The van der Waals surface area contributed by atoms with Crippen LogP contribution in [0.1, 0.15) is 5.56 Å². The number of ether oxygens (including phenoxy) is 1. The summed E-state index contributed by atoms with van der Waals surface area (Å²) in [6.45, 7) is 0.277. The molecule has 0 amide bonds. The quantitative estimate of drug-likeness (QED) is 0.381. The summed E-state index contributed by atoms with van der Waals surface area (Å²) in [4.78, 5) is 19.5. The molecule has 0 unspecified atom stereocenters. The van der Waals surface area contributed by atoms with Crippen molar-refractivity contribution in [3.8, 4) is 11.4 Å². The van der Waals surface area contributed by atoms with Gasteiger partial charge in [0.1, 0.15) is 11.3 Å². The minimum atomic E-state index is -0.265. The second-order valence-electron chi connectivity index (χ2n) is 7.24. The van der Waals surface area contributed by atoms with E-state index in [2.05, 4.69) is 5.10 Å². The highest BCUT2D eigenvalue weighted by atomic mass is 35.5. The summed E-state index contributed by atoms with van der Waals surface area (Å²) in [6, 6.07) is 20.4. The highest BCUT2D eigenvalue weighted by Gasteiger charge is 2.24. The highest BCUT2D eigenvalue weighted by molar-refractivity contribution is 6.42. The van der Waals surface area contributed by atoms with Crippen LogP contribution >= 0.6 is 23.2 Å². The molecule has 0 aliphatic heterocycles. The van der Waals surface area contributed by atoms with Crippen molar-refractivity contribution >= 4 is 45.0 Å². The third kappa shape index (κ3) is 3.57. The fourth-order valence-electron chi connectivity index (χ4n) is 3.62. The second kappa shape index (κ2) is 8.22. The molecule has 0 atom stereocenters. The molecular weight excluding hydrogens is 449 g/mol. The molecule has 0 spiro atoms. The maximum atomic E-state index is 13.4. The van der Waals surface area contributed by atoms with Gasteiger partial charge in [-0.2, -0.15) is 0 Å². The van der Waals surface area contributed by atoms with Gasteiger partial charge in [0.15, 0.2) is 6.61 Å². The van der Waals surface area contributed by atoms with Gasteiger partial charge in [0.05, 0.1) is 28.2 Å². The summed E-state index contributed by atoms with van der Waals surface area (Å²) < 4.78 is 8.16. The van der Waals surface area contributed by atoms with E-state index in [9.17, 15) is 4.79 Å². The lowest BCUT2D eigenvalue weighted by molar-refractivity contribution is -0.875. The molecule has 0 bridgehead atoms. The van der Waals surface area contributed by atoms with Gasteiger partial charge in [0, 0.05) is 10.1 Å². The van der Waals surface area contributed by atoms with Crippen molar-refractivity contribution in [3.63, 3.8) is 0 Å². The lowest BCUT2D eigenvalue weighted by Gasteiger charge is -2.03. The molecule has 5 rings (SSSR count). The van der Waals surface area contributed by atoms with Crippen LogP contribution in [0.25, 0.3) is 27.5 Å². The van der Waals surface area contributed by atoms with Gasteiger partial charge in [-0.25, -0.2) is 4.68 Å². The molecule has 0 saturated carbocycles. The van der Waals surface area contributed by atoms with Gasteiger partial charge in [-0.15, -0.1) is 0 Å². The van der Waals surface area contributed by atoms with Crippen LogP contribution in [0.5, 0.6) is 5.75 Å². The Labute approximate surface area is 193 Å². The molecule has 32 heavy (non-hydrogen) atoms. The molecule has 5 aromatic rings. The number of halogens is 2. The van der Waals surface area contributed by atoms with Crippen LogP contribution in [0.3, 0.4) is 0 Å². The van der Waals surface area contributed by atoms with Gasteiger partial charge in [0.25, 0.3) is 0 Å². The number of hydrogen-bond donors (Lipinski definition) is 1.